The Morgan fingerprint density at radius 3 is 2.50 bits per heavy atom. The van der Waals surface area contributed by atoms with Gasteiger partial charge in [0, 0.05) is 0 Å². The van der Waals surface area contributed by atoms with E-state index in [0.29, 0.717) is 0 Å². The summed E-state index contributed by atoms with van der Waals surface area (Å²) in [4.78, 5) is 0. The minimum absolute atomic E-state index is 1.04. The van der Waals surface area contributed by atoms with Crippen molar-refractivity contribution in [3.8, 4) is 0 Å². The molecule has 2 aromatic rings. The lowest BCUT2D eigenvalue weighted by atomic mass is 9.99. The van der Waals surface area contributed by atoms with Crippen molar-refractivity contribution in [3.63, 3.8) is 0 Å². The third kappa shape index (κ3) is 1.67. The molecule has 0 aliphatic rings. The molecule has 2 rings (SSSR count). The maximum atomic E-state index is 4.16. The first kappa shape index (κ1) is 10.7. The third-order valence-corrected chi connectivity index (χ3v) is 2.95. The van der Waals surface area contributed by atoms with Gasteiger partial charge in [-0.05, 0) is 33.2 Å². The number of hydrogen-bond donors (Lipinski definition) is 0. The van der Waals surface area contributed by atoms with Crippen LogP contribution in [0.15, 0.2) is 43.0 Å². The van der Waals surface area contributed by atoms with Crippen molar-refractivity contribution >= 4 is 23.4 Å². The third-order valence-electron chi connectivity index (χ3n) is 2.95. The summed E-state index contributed by atoms with van der Waals surface area (Å²) in [6.07, 6.45) is 4.88. The Morgan fingerprint density at radius 2 is 1.88 bits per heavy atom. The molecule has 80 valence electrons. The summed E-state index contributed by atoms with van der Waals surface area (Å²) in [5.74, 6) is 0. The van der Waals surface area contributed by atoms with Crippen LogP contribution in [0, 0.1) is 0 Å². The van der Waals surface area contributed by atoms with Gasteiger partial charge in [0.25, 0.3) is 0 Å². The molecule has 0 saturated carbocycles. The van der Waals surface area contributed by atoms with Crippen molar-refractivity contribution in [2.75, 3.05) is 0 Å². The van der Waals surface area contributed by atoms with Crippen LogP contribution in [-0.4, -0.2) is 0 Å². The first-order chi connectivity index (χ1) is 7.77. The van der Waals surface area contributed by atoms with E-state index in [2.05, 4.69) is 50.4 Å². The van der Waals surface area contributed by atoms with Crippen LogP contribution in [0.25, 0.3) is 23.4 Å². The first-order valence-corrected chi connectivity index (χ1v) is 5.60. The summed E-state index contributed by atoms with van der Waals surface area (Å²) in [7, 11) is 0. The van der Waals surface area contributed by atoms with Crippen molar-refractivity contribution in [3.05, 3.63) is 59.0 Å². The van der Waals surface area contributed by atoms with E-state index < -0.39 is 0 Å². The van der Waals surface area contributed by atoms with Crippen molar-refractivity contribution in [2.24, 2.45) is 0 Å². The fraction of sp³-hybridized carbons (Fsp3) is 0.125. The Labute approximate surface area is 96.2 Å². The van der Waals surface area contributed by atoms with Gasteiger partial charge >= 0.3 is 0 Å². The molecule has 0 heteroatoms. The van der Waals surface area contributed by atoms with E-state index in [1.807, 2.05) is 12.2 Å². The standard InChI is InChI=1S/C16H16/c1-4-8-14-11-13(5-2)16-10-7-6-9-15(16)12(14)3/h4,6-11H,1,3,5H2,2H3/b14-8-. The van der Waals surface area contributed by atoms with Gasteiger partial charge in [-0.2, -0.15) is 0 Å². The molecule has 2 aromatic carbocycles. The van der Waals surface area contributed by atoms with Gasteiger partial charge in [0.2, 0.25) is 0 Å². The van der Waals surface area contributed by atoms with Gasteiger partial charge in [0.05, 0.1) is 0 Å². The average Bonchev–Trinajstić information content (AvgIpc) is 2.33. The molecular formula is C16H16. The number of aryl methyl sites for hydroxylation is 1. The zero-order valence-electron chi connectivity index (χ0n) is 9.66. The molecule has 0 aliphatic carbocycles. The molecule has 0 spiro atoms. The molecule has 0 saturated heterocycles. The molecule has 16 heavy (non-hydrogen) atoms. The lowest BCUT2D eigenvalue weighted by molar-refractivity contribution is 1.15. The smallest absolute Gasteiger partial charge is 0.0109 e. The lowest BCUT2D eigenvalue weighted by Crippen LogP contribution is -2.24. The fourth-order valence-corrected chi connectivity index (χ4v) is 2.10. The normalized spacial score (nSPS) is 11.9. The number of rotatable bonds is 2. The summed E-state index contributed by atoms with van der Waals surface area (Å²) < 4.78 is 0. The molecule has 0 fully saturated rings. The molecule has 0 atom stereocenters. The number of benzene rings is 2. The van der Waals surface area contributed by atoms with Crippen LogP contribution in [0.1, 0.15) is 12.5 Å². The summed E-state index contributed by atoms with van der Waals surface area (Å²) in [5.41, 5.74) is 1.37. The molecule has 0 aromatic heterocycles. The van der Waals surface area contributed by atoms with E-state index in [9.17, 15) is 0 Å². The number of allylic oxidation sites excluding steroid dienone is 1. The van der Waals surface area contributed by atoms with Gasteiger partial charge in [-0.3, -0.25) is 0 Å². The largest absolute Gasteiger partial charge is 0.0990 e. The number of hydrogen-bond acceptors (Lipinski definition) is 0. The maximum Gasteiger partial charge on any atom is -0.0109 e. The minimum Gasteiger partial charge on any atom is -0.0990 e. The highest BCUT2D eigenvalue weighted by Crippen LogP contribution is 2.13. The monoisotopic (exact) mass is 208 g/mol. The van der Waals surface area contributed by atoms with E-state index in [-0.39, 0.29) is 0 Å². The predicted molar refractivity (Wildman–Crippen MR) is 72.8 cm³/mol. The zero-order valence-corrected chi connectivity index (χ0v) is 9.66. The van der Waals surface area contributed by atoms with Crippen LogP contribution in [0.5, 0.6) is 0 Å². The van der Waals surface area contributed by atoms with Gasteiger partial charge in [-0.25, -0.2) is 0 Å². The quantitative estimate of drug-likeness (QED) is 0.712. The van der Waals surface area contributed by atoms with Crippen LogP contribution in [0.3, 0.4) is 0 Å². The van der Waals surface area contributed by atoms with E-state index >= 15 is 0 Å². The molecule has 0 nitrogen and oxygen atoms in total. The Balaban J connectivity index is 3.00. The summed E-state index contributed by atoms with van der Waals surface area (Å²) in [6, 6.07) is 10.7. The SMILES string of the molecule is C=C/C=c1/cc(CC)c2ccccc2c1=C. The summed E-state index contributed by atoms with van der Waals surface area (Å²) >= 11 is 0. The van der Waals surface area contributed by atoms with E-state index in [4.69, 9.17) is 0 Å². The molecule has 0 unspecified atom stereocenters. The maximum absolute atomic E-state index is 4.16. The van der Waals surface area contributed by atoms with E-state index in [1.165, 1.54) is 21.6 Å². The summed E-state index contributed by atoms with van der Waals surface area (Å²) in [6.45, 7) is 10.1. The highest BCUT2D eigenvalue weighted by Gasteiger charge is 2.00. The Kier molecular flexibility index (Phi) is 2.91. The van der Waals surface area contributed by atoms with Crippen molar-refractivity contribution in [1.82, 2.24) is 0 Å². The zero-order chi connectivity index (χ0) is 11.5. The second-order valence-corrected chi connectivity index (χ2v) is 3.90. The van der Waals surface area contributed by atoms with Crippen LogP contribution < -0.4 is 10.4 Å². The molecule has 0 bridgehead atoms. The van der Waals surface area contributed by atoms with Gasteiger partial charge < -0.3 is 0 Å². The lowest BCUT2D eigenvalue weighted by Gasteiger charge is -2.05. The van der Waals surface area contributed by atoms with Crippen molar-refractivity contribution < 1.29 is 0 Å². The minimum atomic E-state index is 1.04. The predicted octanol–water partition coefficient (Wildman–Crippen LogP) is 2.78. The number of fused-ring (bicyclic) bond motifs is 1. The molecule has 0 aliphatic heterocycles. The molecule has 0 amide bonds. The highest BCUT2D eigenvalue weighted by molar-refractivity contribution is 5.86. The van der Waals surface area contributed by atoms with Crippen LogP contribution in [-0.2, 0) is 6.42 Å². The van der Waals surface area contributed by atoms with Gasteiger partial charge in [0.1, 0.15) is 0 Å². The highest BCUT2D eigenvalue weighted by atomic mass is 14.0. The van der Waals surface area contributed by atoms with Crippen LogP contribution in [0.4, 0.5) is 0 Å². The topological polar surface area (TPSA) is 0 Å². The van der Waals surface area contributed by atoms with E-state index in [1.54, 1.807) is 0 Å². The molecule has 0 heterocycles. The fourth-order valence-electron chi connectivity index (χ4n) is 2.10. The molecule has 0 N–H and O–H groups in total. The van der Waals surface area contributed by atoms with Gasteiger partial charge in [-0.1, -0.05) is 62.6 Å². The van der Waals surface area contributed by atoms with Crippen LogP contribution >= 0.6 is 0 Å². The van der Waals surface area contributed by atoms with E-state index in [0.717, 1.165) is 11.6 Å². The van der Waals surface area contributed by atoms with Crippen molar-refractivity contribution in [1.29, 1.82) is 0 Å². The van der Waals surface area contributed by atoms with Crippen molar-refractivity contribution in [2.45, 2.75) is 13.3 Å². The van der Waals surface area contributed by atoms with Gasteiger partial charge in [-0.15, -0.1) is 0 Å². The summed E-state index contributed by atoms with van der Waals surface area (Å²) in [5, 5.41) is 4.82. The second kappa shape index (κ2) is 4.36. The Bertz CT molecular complexity index is 633. The first-order valence-electron chi connectivity index (χ1n) is 5.60. The molecule has 0 radical (unpaired) electrons. The Morgan fingerprint density at radius 1 is 1.19 bits per heavy atom. The Hall–Kier alpha value is -1.82. The van der Waals surface area contributed by atoms with Crippen LogP contribution in [0.2, 0.25) is 0 Å². The van der Waals surface area contributed by atoms with Gasteiger partial charge in [0.15, 0.2) is 0 Å². The molecular weight excluding hydrogens is 192 g/mol. The average molecular weight is 208 g/mol. The second-order valence-electron chi connectivity index (χ2n) is 3.90.